The SMILES string of the molecule is Cc1cc2oc3c(c(=O)c2cc1C)C(c1ccc(OCc2ccccc2)cc1)N(c1nc(C)c(C)s1)C3=O. The van der Waals surface area contributed by atoms with E-state index < -0.39 is 6.04 Å². The average Bonchev–Trinajstić information content (AvgIpc) is 3.40. The zero-order valence-electron chi connectivity index (χ0n) is 21.6. The first kappa shape index (κ1) is 24.1. The molecule has 0 radical (unpaired) electrons. The molecule has 0 fully saturated rings. The molecule has 190 valence electrons. The van der Waals surface area contributed by atoms with Crippen molar-refractivity contribution in [3.05, 3.63) is 121 Å². The van der Waals surface area contributed by atoms with Gasteiger partial charge in [-0.15, -0.1) is 11.3 Å². The zero-order valence-corrected chi connectivity index (χ0v) is 22.4. The Labute approximate surface area is 224 Å². The van der Waals surface area contributed by atoms with Gasteiger partial charge in [0.25, 0.3) is 5.91 Å². The Morgan fingerprint density at radius 3 is 2.34 bits per heavy atom. The third-order valence-electron chi connectivity index (χ3n) is 7.15. The second-order valence-electron chi connectivity index (χ2n) is 9.67. The maximum absolute atomic E-state index is 13.9. The van der Waals surface area contributed by atoms with Gasteiger partial charge in [-0.3, -0.25) is 14.5 Å². The number of nitrogens with zero attached hydrogens (tertiary/aromatic N) is 2. The van der Waals surface area contributed by atoms with Gasteiger partial charge in [0.2, 0.25) is 5.76 Å². The molecule has 1 aliphatic heterocycles. The summed E-state index contributed by atoms with van der Waals surface area (Å²) in [5.74, 6) is 0.414. The first-order valence-corrected chi connectivity index (χ1v) is 13.3. The van der Waals surface area contributed by atoms with Crippen LogP contribution in [0.5, 0.6) is 5.75 Å². The molecule has 1 amide bonds. The second-order valence-corrected chi connectivity index (χ2v) is 10.8. The molecule has 0 spiro atoms. The van der Waals surface area contributed by atoms with Crippen molar-refractivity contribution in [1.82, 2.24) is 4.98 Å². The van der Waals surface area contributed by atoms with Gasteiger partial charge in [0, 0.05) is 4.88 Å². The topological polar surface area (TPSA) is 72.6 Å². The number of carbonyl (C=O) groups is 1. The Bertz CT molecular complexity index is 1730. The van der Waals surface area contributed by atoms with Gasteiger partial charge in [-0.1, -0.05) is 42.5 Å². The fourth-order valence-corrected chi connectivity index (χ4v) is 5.72. The lowest BCUT2D eigenvalue weighted by Gasteiger charge is -2.22. The number of aromatic nitrogens is 1. The second kappa shape index (κ2) is 9.26. The lowest BCUT2D eigenvalue weighted by atomic mass is 9.97. The molecule has 1 atom stereocenters. The van der Waals surface area contributed by atoms with Crippen LogP contribution in [0.3, 0.4) is 0 Å². The van der Waals surface area contributed by atoms with E-state index in [1.807, 2.05) is 94.4 Å². The molecule has 0 N–H and O–H groups in total. The van der Waals surface area contributed by atoms with E-state index in [0.717, 1.165) is 32.8 Å². The normalized spacial score (nSPS) is 14.8. The predicted molar refractivity (Wildman–Crippen MR) is 149 cm³/mol. The number of hydrogen-bond donors (Lipinski definition) is 0. The minimum absolute atomic E-state index is 0.0747. The van der Waals surface area contributed by atoms with Gasteiger partial charge < -0.3 is 9.15 Å². The van der Waals surface area contributed by atoms with Gasteiger partial charge in [-0.05, 0) is 74.2 Å². The maximum atomic E-state index is 13.9. The van der Waals surface area contributed by atoms with E-state index in [0.29, 0.717) is 34.0 Å². The first-order valence-electron chi connectivity index (χ1n) is 12.4. The van der Waals surface area contributed by atoms with Crippen LogP contribution in [0.1, 0.15) is 55.0 Å². The van der Waals surface area contributed by atoms with Crippen LogP contribution in [0.25, 0.3) is 11.0 Å². The summed E-state index contributed by atoms with van der Waals surface area (Å²) >= 11 is 1.43. The molecule has 3 heterocycles. The van der Waals surface area contributed by atoms with Gasteiger partial charge in [-0.2, -0.15) is 0 Å². The molecule has 5 aromatic rings. The molecule has 0 bridgehead atoms. The van der Waals surface area contributed by atoms with Crippen LogP contribution in [0, 0.1) is 27.7 Å². The molecule has 3 aromatic carbocycles. The van der Waals surface area contributed by atoms with E-state index in [1.165, 1.54) is 11.3 Å². The summed E-state index contributed by atoms with van der Waals surface area (Å²) in [5, 5.41) is 1.02. The lowest BCUT2D eigenvalue weighted by Crippen LogP contribution is -2.29. The van der Waals surface area contributed by atoms with Crippen molar-refractivity contribution in [3.8, 4) is 5.75 Å². The number of rotatable bonds is 5. The third kappa shape index (κ3) is 4.00. The van der Waals surface area contributed by atoms with Crippen LogP contribution in [-0.4, -0.2) is 10.9 Å². The summed E-state index contributed by atoms with van der Waals surface area (Å²) in [6.45, 7) is 8.26. The van der Waals surface area contributed by atoms with Crippen LogP contribution in [0.15, 0.2) is 75.9 Å². The van der Waals surface area contributed by atoms with Gasteiger partial charge in [-0.25, -0.2) is 4.98 Å². The molecule has 1 unspecified atom stereocenters. The number of ether oxygens (including phenoxy) is 1. The van der Waals surface area contributed by atoms with Crippen molar-refractivity contribution in [2.45, 2.75) is 40.3 Å². The summed E-state index contributed by atoms with van der Waals surface area (Å²) in [4.78, 5) is 35.0. The van der Waals surface area contributed by atoms with Crippen LogP contribution in [0.2, 0.25) is 0 Å². The standard InChI is InChI=1S/C31H26N2O4S/c1-17-14-24-25(15-18(17)2)37-29-26(28(24)34)27(33(30(29)35)31-32-19(3)20(4)38-31)22-10-12-23(13-11-22)36-16-21-8-6-5-7-9-21/h5-15,27H,16H2,1-4H3. The molecule has 7 heteroatoms. The van der Waals surface area contributed by atoms with Crippen molar-refractivity contribution in [1.29, 1.82) is 0 Å². The van der Waals surface area contributed by atoms with E-state index in [1.54, 1.807) is 4.90 Å². The quantitative estimate of drug-likeness (QED) is 0.253. The Kier molecular flexibility index (Phi) is 5.88. The van der Waals surface area contributed by atoms with Crippen molar-refractivity contribution in [3.63, 3.8) is 0 Å². The molecule has 0 saturated carbocycles. The Hall–Kier alpha value is -4.23. The van der Waals surface area contributed by atoms with Crippen molar-refractivity contribution < 1.29 is 13.9 Å². The van der Waals surface area contributed by atoms with Crippen LogP contribution < -0.4 is 15.1 Å². The van der Waals surface area contributed by atoms with Crippen LogP contribution in [-0.2, 0) is 6.61 Å². The smallest absolute Gasteiger partial charge is 0.297 e. The van der Waals surface area contributed by atoms with Crippen LogP contribution >= 0.6 is 11.3 Å². The molecule has 2 aromatic heterocycles. The van der Waals surface area contributed by atoms with E-state index >= 15 is 0 Å². The van der Waals surface area contributed by atoms with E-state index in [-0.39, 0.29) is 17.1 Å². The minimum Gasteiger partial charge on any atom is -0.489 e. The average molecular weight is 523 g/mol. The van der Waals surface area contributed by atoms with Crippen LogP contribution in [0.4, 0.5) is 5.13 Å². The molecule has 38 heavy (non-hydrogen) atoms. The summed E-state index contributed by atoms with van der Waals surface area (Å²) in [6, 6.07) is 20.5. The van der Waals surface area contributed by atoms with E-state index in [4.69, 9.17) is 9.15 Å². The highest BCUT2D eigenvalue weighted by Crippen LogP contribution is 2.43. The highest BCUT2D eigenvalue weighted by Gasteiger charge is 2.45. The summed E-state index contributed by atoms with van der Waals surface area (Å²) in [7, 11) is 0. The number of amides is 1. The molecular weight excluding hydrogens is 496 g/mol. The Morgan fingerprint density at radius 1 is 0.947 bits per heavy atom. The highest BCUT2D eigenvalue weighted by atomic mass is 32.1. The summed E-state index contributed by atoms with van der Waals surface area (Å²) in [6.07, 6.45) is 0. The molecule has 6 nitrogen and oxygen atoms in total. The lowest BCUT2D eigenvalue weighted by molar-refractivity contribution is 0.0971. The number of benzene rings is 3. The Morgan fingerprint density at radius 2 is 1.66 bits per heavy atom. The molecule has 0 aliphatic carbocycles. The summed E-state index contributed by atoms with van der Waals surface area (Å²) < 4.78 is 12.1. The molecule has 1 aliphatic rings. The van der Waals surface area contributed by atoms with E-state index in [2.05, 4.69) is 4.98 Å². The Balaban J connectivity index is 1.46. The predicted octanol–water partition coefficient (Wildman–Crippen LogP) is 6.81. The van der Waals surface area contributed by atoms with Crippen molar-refractivity contribution in [2.75, 3.05) is 4.90 Å². The number of anilines is 1. The monoisotopic (exact) mass is 522 g/mol. The van der Waals surface area contributed by atoms with Crippen molar-refractivity contribution in [2.24, 2.45) is 0 Å². The van der Waals surface area contributed by atoms with E-state index in [9.17, 15) is 9.59 Å². The van der Waals surface area contributed by atoms with Gasteiger partial charge in [0.05, 0.1) is 22.7 Å². The summed E-state index contributed by atoms with van der Waals surface area (Å²) in [5.41, 5.74) is 5.27. The number of hydrogen-bond acceptors (Lipinski definition) is 6. The van der Waals surface area contributed by atoms with Gasteiger partial charge in [0.1, 0.15) is 17.9 Å². The molecule has 6 rings (SSSR count). The minimum atomic E-state index is -0.659. The largest absolute Gasteiger partial charge is 0.489 e. The van der Waals surface area contributed by atoms with Gasteiger partial charge in [0.15, 0.2) is 10.6 Å². The number of carbonyl (C=O) groups excluding carboxylic acids is 1. The highest BCUT2D eigenvalue weighted by molar-refractivity contribution is 7.15. The molecule has 0 saturated heterocycles. The maximum Gasteiger partial charge on any atom is 0.297 e. The fraction of sp³-hybridized carbons (Fsp3) is 0.194. The first-order chi connectivity index (χ1) is 18.3. The number of aryl methyl sites for hydroxylation is 4. The number of thiazole rings is 1. The third-order valence-corrected chi connectivity index (χ3v) is 8.23. The van der Waals surface area contributed by atoms with Gasteiger partial charge >= 0.3 is 0 Å². The zero-order chi connectivity index (χ0) is 26.6. The van der Waals surface area contributed by atoms with Crippen molar-refractivity contribution >= 4 is 33.3 Å². The molecular formula is C31H26N2O4S. The number of fused-ring (bicyclic) bond motifs is 2. The fourth-order valence-electron chi connectivity index (χ4n) is 4.79.